The van der Waals surface area contributed by atoms with E-state index in [0.717, 1.165) is 36.4 Å². The molecule has 1 saturated heterocycles. The summed E-state index contributed by atoms with van der Waals surface area (Å²) in [6.07, 6.45) is 7.57. The van der Waals surface area contributed by atoms with Crippen LogP contribution >= 0.6 is 0 Å². The number of fused-ring (bicyclic) bond motifs is 1. The van der Waals surface area contributed by atoms with Gasteiger partial charge in [0, 0.05) is 31.3 Å². The van der Waals surface area contributed by atoms with E-state index in [-0.39, 0.29) is 11.8 Å². The van der Waals surface area contributed by atoms with Crippen LogP contribution in [-0.4, -0.2) is 38.5 Å². The van der Waals surface area contributed by atoms with Gasteiger partial charge >= 0.3 is 0 Å². The molecule has 0 saturated carbocycles. The second-order valence-corrected chi connectivity index (χ2v) is 6.86. The summed E-state index contributed by atoms with van der Waals surface area (Å²) >= 11 is 0. The average molecular weight is 346 g/mol. The Hall–Kier alpha value is -2.95. The largest absolute Gasteiger partial charge is 0.338 e. The molecule has 0 bridgehead atoms. The zero-order valence-electron chi connectivity index (χ0n) is 14.9. The number of hydrogen-bond donors (Lipinski definition) is 0. The van der Waals surface area contributed by atoms with Crippen LogP contribution in [0.15, 0.2) is 54.7 Å². The van der Waals surface area contributed by atoms with Crippen LogP contribution in [-0.2, 0) is 4.79 Å². The minimum absolute atomic E-state index is 0.0602. The van der Waals surface area contributed by atoms with Crippen LogP contribution < -0.4 is 0 Å². The van der Waals surface area contributed by atoms with Gasteiger partial charge < -0.3 is 4.90 Å². The van der Waals surface area contributed by atoms with Gasteiger partial charge in [0.15, 0.2) is 5.65 Å². The SMILES string of the molecule is Cc1cccc(/C=C/C(=O)N2CCC[C@@H](c3nnc4ccccn34)C2)c1. The first kappa shape index (κ1) is 16.5. The van der Waals surface area contributed by atoms with Crippen molar-refractivity contribution in [1.29, 1.82) is 0 Å². The molecule has 4 rings (SSSR count). The predicted octanol–water partition coefficient (Wildman–Crippen LogP) is 3.46. The van der Waals surface area contributed by atoms with Crippen molar-refractivity contribution in [1.82, 2.24) is 19.5 Å². The van der Waals surface area contributed by atoms with Gasteiger partial charge in [-0.15, -0.1) is 10.2 Å². The fraction of sp³-hybridized carbons (Fsp3) is 0.286. The highest BCUT2D eigenvalue weighted by Crippen LogP contribution is 2.26. The van der Waals surface area contributed by atoms with Crippen LogP contribution in [0.3, 0.4) is 0 Å². The number of amides is 1. The van der Waals surface area contributed by atoms with Gasteiger partial charge in [-0.3, -0.25) is 9.20 Å². The number of benzene rings is 1. The number of pyridine rings is 1. The topological polar surface area (TPSA) is 50.5 Å². The number of carbonyl (C=O) groups is 1. The van der Waals surface area contributed by atoms with E-state index in [1.165, 1.54) is 5.56 Å². The van der Waals surface area contributed by atoms with Crippen LogP contribution in [0.25, 0.3) is 11.7 Å². The minimum atomic E-state index is 0.0602. The zero-order chi connectivity index (χ0) is 17.9. The van der Waals surface area contributed by atoms with E-state index in [9.17, 15) is 4.79 Å². The molecule has 5 heteroatoms. The zero-order valence-corrected chi connectivity index (χ0v) is 14.9. The van der Waals surface area contributed by atoms with Gasteiger partial charge in [0.1, 0.15) is 5.82 Å². The highest BCUT2D eigenvalue weighted by atomic mass is 16.2. The Bertz CT molecular complexity index is 959. The number of nitrogens with zero attached hydrogens (tertiary/aromatic N) is 4. The molecule has 1 aliphatic heterocycles. The summed E-state index contributed by atoms with van der Waals surface area (Å²) in [6.45, 7) is 3.54. The third-order valence-corrected chi connectivity index (χ3v) is 4.90. The molecule has 26 heavy (non-hydrogen) atoms. The van der Waals surface area contributed by atoms with Crippen LogP contribution in [0.2, 0.25) is 0 Å². The molecular formula is C21H22N4O. The van der Waals surface area contributed by atoms with Gasteiger partial charge in [-0.1, -0.05) is 35.9 Å². The maximum atomic E-state index is 12.6. The summed E-state index contributed by atoms with van der Waals surface area (Å²) in [5.41, 5.74) is 3.09. The van der Waals surface area contributed by atoms with Gasteiger partial charge in [-0.2, -0.15) is 0 Å². The average Bonchev–Trinajstić information content (AvgIpc) is 3.10. The van der Waals surface area contributed by atoms with Crippen molar-refractivity contribution in [3.8, 4) is 0 Å². The number of aromatic nitrogens is 3. The number of piperidine rings is 1. The Morgan fingerprint density at radius 3 is 3.00 bits per heavy atom. The van der Waals surface area contributed by atoms with Gasteiger partial charge in [-0.25, -0.2) is 0 Å². The molecule has 0 spiro atoms. The van der Waals surface area contributed by atoms with Crippen LogP contribution in [0.5, 0.6) is 0 Å². The lowest BCUT2D eigenvalue weighted by molar-refractivity contribution is -0.127. The van der Waals surface area contributed by atoms with Gasteiger partial charge in [-0.05, 0) is 43.5 Å². The molecule has 0 unspecified atom stereocenters. The van der Waals surface area contributed by atoms with Gasteiger partial charge in [0.25, 0.3) is 0 Å². The highest BCUT2D eigenvalue weighted by molar-refractivity contribution is 5.91. The Kier molecular flexibility index (Phi) is 4.52. The van der Waals surface area contributed by atoms with Crippen LogP contribution in [0.4, 0.5) is 0 Å². The minimum Gasteiger partial charge on any atom is -0.338 e. The molecule has 1 aromatic carbocycles. The standard InChI is InChI=1S/C21H22N4O/c1-16-6-4-7-17(14-16)10-11-20(26)24-12-5-8-18(15-24)21-23-22-19-9-2-3-13-25(19)21/h2-4,6-7,9-11,13-14,18H,5,8,12,15H2,1H3/b11-10+/t18-/m1/s1. The third-order valence-electron chi connectivity index (χ3n) is 4.90. The highest BCUT2D eigenvalue weighted by Gasteiger charge is 2.26. The maximum Gasteiger partial charge on any atom is 0.246 e. The van der Waals surface area contributed by atoms with E-state index >= 15 is 0 Å². The first-order chi connectivity index (χ1) is 12.7. The summed E-state index contributed by atoms with van der Waals surface area (Å²) in [5, 5.41) is 8.62. The normalized spacial score (nSPS) is 17.9. The van der Waals surface area contributed by atoms with E-state index in [2.05, 4.69) is 29.3 Å². The Balaban J connectivity index is 1.49. The molecule has 2 aromatic heterocycles. The molecule has 1 fully saturated rings. The summed E-state index contributed by atoms with van der Waals surface area (Å²) in [4.78, 5) is 14.6. The lowest BCUT2D eigenvalue weighted by atomic mass is 9.97. The molecule has 0 radical (unpaired) electrons. The molecular weight excluding hydrogens is 324 g/mol. The molecule has 0 N–H and O–H groups in total. The summed E-state index contributed by atoms with van der Waals surface area (Å²) < 4.78 is 2.03. The molecule has 1 amide bonds. The number of carbonyl (C=O) groups excluding carboxylic acids is 1. The summed E-state index contributed by atoms with van der Waals surface area (Å²) in [7, 11) is 0. The predicted molar refractivity (Wildman–Crippen MR) is 102 cm³/mol. The molecule has 5 nitrogen and oxygen atoms in total. The smallest absolute Gasteiger partial charge is 0.246 e. The lowest BCUT2D eigenvalue weighted by Crippen LogP contribution is -2.38. The maximum absolute atomic E-state index is 12.6. The summed E-state index contributed by atoms with van der Waals surface area (Å²) in [5.74, 6) is 1.23. The van der Waals surface area contributed by atoms with Crippen molar-refractivity contribution in [3.05, 3.63) is 71.7 Å². The number of hydrogen-bond acceptors (Lipinski definition) is 3. The van der Waals surface area contributed by atoms with E-state index in [1.807, 2.05) is 51.9 Å². The van der Waals surface area contributed by atoms with E-state index < -0.39 is 0 Å². The van der Waals surface area contributed by atoms with Crippen molar-refractivity contribution in [2.45, 2.75) is 25.7 Å². The van der Waals surface area contributed by atoms with Crippen molar-refractivity contribution < 1.29 is 4.79 Å². The third kappa shape index (κ3) is 3.38. The fourth-order valence-electron chi connectivity index (χ4n) is 3.57. The second kappa shape index (κ2) is 7.12. The first-order valence-electron chi connectivity index (χ1n) is 9.04. The molecule has 132 valence electrons. The van der Waals surface area contributed by atoms with E-state index in [1.54, 1.807) is 6.08 Å². The Morgan fingerprint density at radius 1 is 1.19 bits per heavy atom. The van der Waals surface area contributed by atoms with Crippen molar-refractivity contribution in [2.75, 3.05) is 13.1 Å². The number of likely N-dealkylation sites (tertiary alicyclic amines) is 1. The summed E-state index contributed by atoms with van der Waals surface area (Å²) in [6, 6.07) is 14.0. The first-order valence-corrected chi connectivity index (χ1v) is 9.04. The molecule has 1 aliphatic rings. The van der Waals surface area contributed by atoms with Gasteiger partial charge in [0.2, 0.25) is 5.91 Å². The van der Waals surface area contributed by atoms with Crippen LogP contribution in [0.1, 0.15) is 35.7 Å². The van der Waals surface area contributed by atoms with Crippen LogP contribution in [0, 0.1) is 6.92 Å². The van der Waals surface area contributed by atoms with Gasteiger partial charge in [0.05, 0.1) is 0 Å². The number of rotatable bonds is 3. The second-order valence-electron chi connectivity index (χ2n) is 6.86. The lowest BCUT2D eigenvalue weighted by Gasteiger charge is -2.31. The Morgan fingerprint density at radius 2 is 2.12 bits per heavy atom. The molecule has 3 heterocycles. The monoisotopic (exact) mass is 346 g/mol. The quantitative estimate of drug-likeness (QED) is 0.683. The van der Waals surface area contributed by atoms with E-state index in [4.69, 9.17) is 0 Å². The van der Waals surface area contributed by atoms with Crippen molar-refractivity contribution in [2.24, 2.45) is 0 Å². The number of aryl methyl sites for hydroxylation is 1. The van der Waals surface area contributed by atoms with Crippen molar-refractivity contribution in [3.63, 3.8) is 0 Å². The molecule has 0 aliphatic carbocycles. The van der Waals surface area contributed by atoms with E-state index in [0.29, 0.717) is 6.54 Å². The Labute approximate surface area is 153 Å². The fourth-order valence-corrected chi connectivity index (χ4v) is 3.57. The van der Waals surface area contributed by atoms with Crippen molar-refractivity contribution >= 4 is 17.6 Å². The molecule has 3 aromatic rings. The molecule has 1 atom stereocenters.